The van der Waals surface area contributed by atoms with Gasteiger partial charge in [0.25, 0.3) is 0 Å². The van der Waals surface area contributed by atoms with Gasteiger partial charge in [-0.15, -0.1) is 16.8 Å². The number of rotatable bonds is 7. The van der Waals surface area contributed by atoms with Crippen molar-refractivity contribution < 1.29 is 4.79 Å². The number of nitrogens with zero attached hydrogens (tertiary/aromatic N) is 3. The number of thioether (sulfide) groups is 1. The molecule has 0 radical (unpaired) electrons. The predicted octanol–water partition coefficient (Wildman–Crippen LogP) is 3.40. The number of amides is 1. The molecular weight excluding hydrogens is 332 g/mol. The third kappa shape index (κ3) is 4.36. The van der Waals surface area contributed by atoms with E-state index in [1.165, 1.54) is 11.8 Å². The number of hydrogen-bond donors (Lipinski definition) is 1. The minimum absolute atomic E-state index is 0.0476. The van der Waals surface area contributed by atoms with Crippen molar-refractivity contribution >= 4 is 29.3 Å². The van der Waals surface area contributed by atoms with E-state index in [1.54, 1.807) is 6.08 Å². The summed E-state index contributed by atoms with van der Waals surface area (Å²) in [6, 6.07) is 7.47. The fourth-order valence-corrected chi connectivity index (χ4v) is 3.06. The summed E-state index contributed by atoms with van der Waals surface area (Å²) in [5.41, 5.74) is 0.944. The SMILES string of the molecule is C=CCNC(=O)C(C)Sc1nnc(-c2ccc(Cl)cc2)n1CC. The second-order valence-corrected chi connectivity index (χ2v) is 6.60. The maximum Gasteiger partial charge on any atom is 0.233 e. The van der Waals surface area contributed by atoms with Gasteiger partial charge in [-0.25, -0.2) is 0 Å². The van der Waals surface area contributed by atoms with Gasteiger partial charge in [-0.3, -0.25) is 4.79 Å². The van der Waals surface area contributed by atoms with Gasteiger partial charge in [-0.2, -0.15) is 0 Å². The summed E-state index contributed by atoms with van der Waals surface area (Å²) in [5, 5.41) is 12.4. The average Bonchev–Trinajstić information content (AvgIpc) is 2.95. The number of carbonyl (C=O) groups excluding carboxylic acids is 1. The molecule has 0 aliphatic carbocycles. The Morgan fingerprint density at radius 3 is 2.74 bits per heavy atom. The summed E-state index contributed by atoms with van der Waals surface area (Å²) < 4.78 is 1.99. The fraction of sp³-hybridized carbons (Fsp3) is 0.312. The zero-order chi connectivity index (χ0) is 16.8. The molecule has 122 valence electrons. The lowest BCUT2D eigenvalue weighted by Gasteiger charge is -2.12. The molecule has 5 nitrogen and oxygen atoms in total. The highest BCUT2D eigenvalue weighted by atomic mass is 35.5. The molecule has 0 saturated carbocycles. The molecule has 1 atom stereocenters. The van der Waals surface area contributed by atoms with Gasteiger partial charge in [0.05, 0.1) is 5.25 Å². The zero-order valence-corrected chi connectivity index (χ0v) is 14.7. The van der Waals surface area contributed by atoms with E-state index in [1.807, 2.05) is 42.7 Å². The summed E-state index contributed by atoms with van der Waals surface area (Å²) in [6.07, 6.45) is 1.66. The summed E-state index contributed by atoms with van der Waals surface area (Å²) in [5.74, 6) is 0.721. The third-order valence-corrected chi connectivity index (χ3v) is 4.54. The number of carbonyl (C=O) groups is 1. The number of hydrogen-bond acceptors (Lipinski definition) is 4. The van der Waals surface area contributed by atoms with Crippen LogP contribution in [0.25, 0.3) is 11.4 Å². The van der Waals surface area contributed by atoms with Gasteiger partial charge in [0.1, 0.15) is 0 Å². The highest BCUT2D eigenvalue weighted by molar-refractivity contribution is 8.00. The van der Waals surface area contributed by atoms with Gasteiger partial charge in [0.2, 0.25) is 5.91 Å². The molecule has 2 aromatic rings. The van der Waals surface area contributed by atoms with Crippen molar-refractivity contribution in [1.29, 1.82) is 0 Å². The first-order valence-electron chi connectivity index (χ1n) is 7.31. The third-order valence-electron chi connectivity index (χ3n) is 3.21. The van der Waals surface area contributed by atoms with Crippen LogP contribution in [0.15, 0.2) is 42.1 Å². The van der Waals surface area contributed by atoms with E-state index in [0.717, 1.165) is 16.5 Å². The number of aromatic nitrogens is 3. The monoisotopic (exact) mass is 350 g/mol. The summed E-state index contributed by atoms with van der Waals surface area (Å²) >= 11 is 7.31. The largest absolute Gasteiger partial charge is 0.352 e. The Bertz CT molecular complexity index is 684. The van der Waals surface area contributed by atoms with Crippen molar-refractivity contribution in [1.82, 2.24) is 20.1 Å². The van der Waals surface area contributed by atoms with Crippen LogP contribution in [-0.4, -0.2) is 32.5 Å². The Balaban J connectivity index is 2.19. The second-order valence-electron chi connectivity index (χ2n) is 4.85. The number of nitrogens with one attached hydrogen (secondary N) is 1. The molecule has 2 rings (SSSR count). The van der Waals surface area contributed by atoms with Crippen molar-refractivity contribution in [2.45, 2.75) is 30.8 Å². The van der Waals surface area contributed by atoms with Crippen LogP contribution in [0, 0.1) is 0 Å². The van der Waals surface area contributed by atoms with Crippen molar-refractivity contribution in [3.05, 3.63) is 41.9 Å². The van der Waals surface area contributed by atoms with Crippen LogP contribution >= 0.6 is 23.4 Å². The molecule has 0 saturated heterocycles. The molecule has 1 N–H and O–H groups in total. The lowest BCUT2D eigenvalue weighted by atomic mass is 10.2. The van der Waals surface area contributed by atoms with Crippen molar-refractivity contribution in [2.75, 3.05) is 6.54 Å². The molecule has 0 aliphatic rings. The normalized spacial score (nSPS) is 12.0. The first-order chi connectivity index (χ1) is 11.1. The van der Waals surface area contributed by atoms with E-state index < -0.39 is 0 Å². The molecule has 0 fully saturated rings. The maximum atomic E-state index is 12.0. The van der Waals surface area contributed by atoms with E-state index in [0.29, 0.717) is 18.1 Å². The van der Waals surface area contributed by atoms with Gasteiger partial charge in [-0.1, -0.05) is 29.4 Å². The smallest absolute Gasteiger partial charge is 0.233 e. The molecule has 1 amide bonds. The molecule has 0 spiro atoms. The first kappa shape index (κ1) is 17.6. The molecule has 1 heterocycles. The minimum atomic E-state index is -0.262. The van der Waals surface area contributed by atoms with Crippen molar-refractivity contribution in [2.24, 2.45) is 0 Å². The van der Waals surface area contributed by atoms with E-state index in [-0.39, 0.29) is 11.2 Å². The first-order valence-corrected chi connectivity index (χ1v) is 8.57. The molecular formula is C16H19ClN4OS. The van der Waals surface area contributed by atoms with Crippen molar-refractivity contribution in [3.63, 3.8) is 0 Å². The zero-order valence-electron chi connectivity index (χ0n) is 13.1. The van der Waals surface area contributed by atoms with Gasteiger partial charge in [0, 0.05) is 23.7 Å². The van der Waals surface area contributed by atoms with Gasteiger partial charge < -0.3 is 9.88 Å². The highest BCUT2D eigenvalue weighted by Gasteiger charge is 2.19. The van der Waals surface area contributed by atoms with Crippen LogP contribution in [0.4, 0.5) is 0 Å². The Morgan fingerprint density at radius 2 is 2.13 bits per heavy atom. The molecule has 0 bridgehead atoms. The molecule has 23 heavy (non-hydrogen) atoms. The fourth-order valence-electron chi connectivity index (χ4n) is 2.00. The minimum Gasteiger partial charge on any atom is -0.352 e. The maximum absolute atomic E-state index is 12.0. The van der Waals surface area contributed by atoms with Gasteiger partial charge in [-0.05, 0) is 38.1 Å². The van der Waals surface area contributed by atoms with Crippen molar-refractivity contribution in [3.8, 4) is 11.4 Å². The quantitative estimate of drug-likeness (QED) is 0.614. The lowest BCUT2D eigenvalue weighted by Crippen LogP contribution is -2.31. The predicted molar refractivity (Wildman–Crippen MR) is 94.7 cm³/mol. The lowest BCUT2D eigenvalue weighted by molar-refractivity contribution is -0.120. The Kier molecular flexibility index (Phi) is 6.24. The van der Waals surface area contributed by atoms with Crippen LogP contribution in [0.2, 0.25) is 5.02 Å². The standard InChI is InChI=1S/C16H19ClN4OS/c1-4-10-18-15(22)11(3)23-16-20-19-14(21(16)5-2)12-6-8-13(17)9-7-12/h4,6-9,11H,1,5,10H2,2-3H3,(H,18,22). The number of benzene rings is 1. The van der Waals surface area contributed by atoms with Gasteiger partial charge >= 0.3 is 0 Å². The number of halogens is 1. The second kappa shape index (κ2) is 8.17. The average molecular weight is 351 g/mol. The Morgan fingerprint density at radius 1 is 1.43 bits per heavy atom. The van der Waals surface area contributed by atoms with E-state index in [4.69, 9.17) is 11.6 Å². The Labute approximate surface area is 145 Å². The van der Waals surface area contributed by atoms with Crippen LogP contribution in [0.1, 0.15) is 13.8 Å². The topological polar surface area (TPSA) is 59.8 Å². The highest BCUT2D eigenvalue weighted by Crippen LogP contribution is 2.27. The summed E-state index contributed by atoms with van der Waals surface area (Å²) in [7, 11) is 0. The summed E-state index contributed by atoms with van der Waals surface area (Å²) in [4.78, 5) is 12.0. The van der Waals surface area contributed by atoms with Crippen LogP contribution < -0.4 is 5.32 Å². The molecule has 1 unspecified atom stereocenters. The van der Waals surface area contributed by atoms with Crippen LogP contribution in [0.5, 0.6) is 0 Å². The molecule has 7 heteroatoms. The van der Waals surface area contributed by atoms with E-state index in [9.17, 15) is 4.79 Å². The van der Waals surface area contributed by atoms with Crippen LogP contribution in [-0.2, 0) is 11.3 Å². The Hall–Kier alpha value is -1.79. The van der Waals surface area contributed by atoms with E-state index >= 15 is 0 Å². The summed E-state index contributed by atoms with van der Waals surface area (Å²) in [6.45, 7) is 8.63. The molecule has 0 aliphatic heterocycles. The molecule has 1 aromatic carbocycles. The van der Waals surface area contributed by atoms with Crippen LogP contribution in [0.3, 0.4) is 0 Å². The van der Waals surface area contributed by atoms with E-state index in [2.05, 4.69) is 22.1 Å². The molecule has 1 aromatic heterocycles. The van der Waals surface area contributed by atoms with Gasteiger partial charge in [0.15, 0.2) is 11.0 Å².